The van der Waals surface area contributed by atoms with Crippen LogP contribution < -0.4 is 9.47 Å². The molecular formula is C26H32N2O6S. The first-order valence-electron chi connectivity index (χ1n) is 11.4. The Morgan fingerprint density at radius 2 is 1.86 bits per heavy atom. The number of carbonyl (C=O) groups excluding carboxylic acids is 1. The Balaban J connectivity index is 2.05. The lowest BCUT2D eigenvalue weighted by atomic mass is 10.0. The topological polar surface area (TPSA) is 96.4 Å². The number of ether oxygens (including phenoxy) is 2. The second-order valence-electron chi connectivity index (χ2n) is 8.78. The van der Waals surface area contributed by atoms with Gasteiger partial charge in [0.25, 0.3) is 0 Å². The van der Waals surface area contributed by atoms with Gasteiger partial charge in [0.2, 0.25) is 15.9 Å². The van der Waals surface area contributed by atoms with Crippen LogP contribution in [0, 0.1) is 17.8 Å². The maximum atomic E-state index is 13.5. The van der Waals surface area contributed by atoms with E-state index in [-0.39, 0.29) is 35.6 Å². The van der Waals surface area contributed by atoms with Crippen molar-refractivity contribution in [2.45, 2.75) is 37.8 Å². The van der Waals surface area contributed by atoms with Gasteiger partial charge in [0.1, 0.15) is 22.5 Å². The molecule has 9 heteroatoms. The lowest BCUT2D eigenvalue weighted by molar-refractivity contribution is -0.129. The number of aliphatic hydroxyl groups is 1. The molecule has 2 aromatic carbocycles. The number of aliphatic hydroxyl groups excluding tert-OH is 1. The van der Waals surface area contributed by atoms with Crippen LogP contribution in [-0.2, 0) is 14.8 Å². The molecule has 0 saturated heterocycles. The third-order valence-corrected chi connectivity index (χ3v) is 8.12. The van der Waals surface area contributed by atoms with Gasteiger partial charge in [-0.05, 0) is 49.4 Å². The van der Waals surface area contributed by atoms with Crippen molar-refractivity contribution in [2.75, 3.05) is 33.9 Å². The molecule has 0 unspecified atom stereocenters. The standard InChI is InChI=1S/C26H32N2O6S/c1-18-15-28(19(2)17-29)35(31,32)26-13-10-22(7-6-21-8-11-23(33-5)12-9-21)14-24(26)34-25(18)16-27(4)20(3)30/h8-14,18-19,25,29H,15-17H2,1-5H3/t18-,19+,25-/m1/s1. The van der Waals surface area contributed by atoms with Gasteiger partial charge in [0.15, 0.2) is 0 Å². The van der Waals surface area contributed by atoms with Gasteiger partial charge in [-0.1, -0.05) is 18.8 Å². The summed E-state index contributed by atoms with van der Waals surface area (Å²) in [6.45, 7) is 5.14. The number of hydrogen-bond donors (Lipinski definition) is 1. The quantitative estimate of drug-likeness (QED) is 0.633. The minimum atomic E-state index is -3.94. The third-order valence-electron chi connectivity index (χ3n) is 6.10. The summed E-state index contributed by atoms with van der Waals surface area (Å²) >= 11 is 0. The summed E-state index contributed by atoms with van der Waals surface area (Å²) in [7, 11) is -0.666. The molecule has 35 heavy (non-hydrogen) atoms. The van der Waals surface area contributed by atoms with Crippen LogP contribution in [0.5, 0.6) is 11.5 Å². The van der Waals surface area contributed by atoms with E-state index in [4.69, 9.17) is 9.47 Å². The van der Waals surface area contributed by atoms with Crippen molar-refractivity contribution < 1.29 is 27.8 Å². The van der Waals surface area contributed by atoms with E-state index >= 15 is 0 Å². The average molecular weight is 501 g/mol. The second-order valence-corrected chi connectivity index (χ2v) is 10.6. The van der Waals surface area contributed by atoms with Gasteiger partial charge in [0.05, 0.1) is 20.3 Å². The van der Waals surface area contributed by atoms with Crippen LogP contribution in [0.1, 0.15) is 31.9 Å². The molecule has 1 amide bonds. The number of likely N-dealkylation sites (N-methyl/N-ethyl adjacent to an activating group) is 1. The van der Waals surface area contributed by atoms with Crippen LogP contribution in [0.3, 0.4) is 0 Å². The van der Waals surface area contributed by atoms with Crippen molar-refractivity contribution >= 4 is 15.9 Å². The Labute approximate surface area is 207 Å². The minimum absolute atomic E-state index is 0.00942. The van der Waals surface area contributed by atoms with Crippen molar-refractivity contribution in [1.82, 2.24) is 9.21 Å². The molecule has 0 saturated carbocycles. The number of rotatable bonds is 5. The molecule has 1 aliphatic rings. The molecular weight excluding hydrogens is 468 g/mol. The van der Waals surface area contributed by atoms with Crippen LogP contribution in [0.4, 0.5) is 0 Å². The molecule has 188 valence electrons. The molecule has 1 aliphatic heterocycles. The fraction of sp³-hybridized carbons (Fsp3) is 0.423. The van der Waals surface area contributed by atoms with Crippen LogP contribution in [-0.4, -0.2) is 74.6 Å². The highest BCUT2D eigenvalue weighted by molar-refractivity contribution is 7.89. The number of sulfonamides is 1. The lowest BCUT2D eigenvalue weighted by Crippen LogP contribution is -2.50. The van der Waals surface area contributed by atoms with E-state index in [9.17, 15) is 18.3 Å². The van der Waals surface area contributed by atoms with Crippen molar-refractivity contribution in [3.05, 3.63) is 53.6 Å². The molecule has 3 rings (SSSR count). The van der Waals surface area contributed by atoms with Gasteiger partial charge in [-0.2, -0.15) is 4.31 Å². The average Bonchev–Trinajstić information content (AvgIpc) is 2.84. The van der Waals surface area contributed by atoms with E-state index < -0.39 is 22.2 Å². The fourth-order valence-corrected chi connectivity index (χ4v) is 5.56. The summed E-state index contributed by atoms with van der Waals surface area (Å²) in [4.78, 5) is 13.4. The number of methoxy groups -OCH3 is 1. The molecule has 1 N–H and O–H groups in total. The summed E-state index contributed by atoms with van der Waals surface area (Å²) in [5.41, 5.74) is 1.37. The highest BCUT2D eigenvalue weighted by Crippen LogP contribution is 2.34. The number of hydrogen-bond acceptors (Lipinski definition) is 6. The van der Waals surface area contributed by atoms with E-state index in [2.05, 4.69) is 11.8 Å². The van der Waals surface area contributed by atoms with Crippen LogP contribution in [0.2, 0.25) is 0 Å². The zero-order valence-corrected chi connectivity index (χ0v) is 21.5. The van der Waals surface area contributed by atoms with Gasteiger partial charge in [-0.15, -0.1) is 0 Å². The molecule has 3 atom stereocenters. The Bertz CT molecular complexity index is 1220. The molecule has 0 aliphatic carbocycles. The van der Waals surface area contributed by atoms with Crippen molar-refractivity contribution in [3.63, 3.8) is 0 Å². The maximum absolute atomic E-state index is 13.5. The van der Waals surface area contributed by atoms with Gasteiger partial charge in [-0.25, -0.2) is 8.42 Å². The maximum Gasteiger partial charge on any atom is 0.247 e. The number of amides is 1. The van der Waals surface area contributed by atoms with Crippen LogP contribution >= 0.6 is 0 Å². The predicted molar refractivity (Wildman–Crippen MR) is 133 cm³/mol. The zero-order chi connectivity index (χ0) is 25.8. The number of carbonyl (C=O) groups is 1. The Morgan fingerprint density at radius 3 is 2.46 bits per heavy atom. The summed E-state index contributed by atoms with van der Waals surface area (Å²) in [5.74, 6) is 6.66. The van der Waals surface area contributed by atoms with Gasteiger partial charge in [0, 0.05) is 43.6 Å². The van der Waals surface area contributed by atoms with E-state index in [1.165, 1.54) is 17.3 Å². The molecule has 0 fully saturated rings. The Morgan fingerprint density at radius 1 is 1.23 bits per heavy atom. The van der Waals surface area contributed by atoms with Gasteiger partial charge in [-0.3, -0.25) is 4.79 Å². The smallest absolute Gasteiger partial charge is 0.247 e. The van der Waals surface area contributed by atoms with E-state index in [1.54, 1.807) is 38.1 Å². The second kappa shape index (κ2) is 11.1. The molecule has 8 nitrogen and oxygen atoms in total. The number of fused-ring (bicyclic) bond motifs is 1. The van der Waals surface area contributed by atoms with Crippen molar-refractivity contribution in [1.29, 1.82) is 0 Å². The minimum Gasteiger partial charge on any atom is -0.497 e. The molecule has 0 radical (unpaired) electrons. The Kier molecular flexibility index (Phi) is 8.43. The zero-order valence-electron chi connectivity index (χ0n) is 20.7. The highest BCUT2D eigenvalue weighted by Gasteiger charge is 2.38. The van der Waals surface area contributed by atoms with E-state index in [1.807, 2.05) is 31.2 Å². The first-order chi connectivity index (χ1) is 16.6. The monoisotopic (exact) mass is 500 g/mol. The molecule has 1 heterocycles. The van der Waals surface area contributed by atoms with Crippen molar-refractivity contribution in [2.24, 2.45) is 5.92 Å². The summed E-state index contributed by atoms with van der Waals surface area (Å²) in [6, 6.07) is 11.4. The SMILES string of the molecule is COc1ccc(C#Cc2ccc3c(c2)O[C@H](CN(C)C(C)=O)[C@H](C)CN([C@@H](C)CO)S3(=O)=O)cc1. The summed E-state index contributed by atoms with van der Waals surface area (Å²) < 4.78 is 39.8. The number of benzene rings is 2. The molecule has 2 aromatic rings. The molecule has 0 spiro atoms. The predicted octanol–water partition coefficient (Wildman–Crippen LogP) is 2.34. The Hall–Kier alpha value is -3.06. The summed E-state index contributed by atoms with van der Waals surface area (Å²) in [5, 5.41) is 9.74. The van der Waals surface area contributed by atoms with Crippen LogP contribution in [0.25, 0.3) is 0 Å². The third kappa shape index (κ3) is 6.14. The first-order valence-corrected chi connectivity index (χ1v) is 12.8. The molecule has 0 aromatic heterocycles. The van der Waals surface area contributed by atoms with E-state index in [0.29, 0.717) is 12.1 Å². The van der Waals surface area contributed by atoms with Crippen molar-refractivity contribution in [3.8, 4) is 23.3 Å². The fourth-order valence-electron chi connectivity index (χ4n) is 3.74. The number of nitrogens with zero attached hydrogens (tertiary/aromatic N) is 2. The van der Waals surface area contributed by atoms with E-state index in [0.717, 1.165) is 11.3 Å². The largest absolute Gasteiger partial charge is 0.497 e. The van der Waals surface area contributed by atoms with Gasteiger partial charge >= 0.3 is 0 Å². The normalized spacial score (nSPS) is 20.2. The summed E-state index contributed by atoms with van der Waals surface area (Å²) in [6.07, 6.45) is -0.462. The highest BCUT2D eigenvalue weighted by atomic mass is 32.2. The first kappa shape index (κ1) is 26.5. The molecule has 0 bridgehead atoms. The van der Waals surface area contributed by atoms with Gasteiger partial charge < -0.3 is 19.5 Å². The van der Waals surface area contributed by atoms with Crippen LogP contribution in [0.15, 0.2) is 47.4 Å². The lowest BCUT2D eigenvalue weighted by Gasteiger charge is -2.37.